The maximum Gasteiger partial charge on any atom is 0.410 e. The van der Waals surface area contributed by atoms with Crippen LogP contribution in [0.5, 0.6) is 0 Å². The smallest absolute Gasteiger partial charge is 0.410 e. The number of hydrogen-bond acceptors (Lipinski definition) is 4. The Kier molecular flexibility index (Phi) is 4.89. The summed E-state index contributed by atoms with van der Waals surface area (Å²) in [5.74, 6) is 0. The van der Waals surface area contributed by atoms with Gasteiger partial charge in [0.15, 0.2) is 0 Å². The lowest BCUT2D eigenvalue weighted by Gasteiger charge is -2.34. The Morgan fingerprint density at radius 2 is 1.84 bits per heavy atom. The van der Waals surface area contributed by atoms with Gasteiger partial charge in [-0.2, -0.15) is 0 Å². The second kappa shape index (κ2) is 6.65. The Bertz CT molecular complexity index is 446. The van der Waals surface area contributed by atoms with E-state index in [-0.39, 0.29) is 6.61 Å². The topological polar surface area (TPSA) is 72.9 Å². The summed E-state index contributed by atoms with van der Waals surface area (Å²) >= 11 is -2.21. The Balaban J connectivity index is 1.77. The van der Waals surface area contributed by atoms with Gasteiger partial charge in [0.1, 0.15) is 6.61 Å². The van der Waals surface area contributed by atoms with Crippen molar-refractivity contribution in [2.45, 2.75) is 6.61 Å². The van der Waals surface area contributed by atoms with E-state index < -0.39 is 17.4 Å². The molecule has 1 saturated heterocycles. The summed E-state index contributed by atoms with van der Waals surface area (Å²) < 4.78 is 27.9. The molecule has 0 aromatic heterocycles. The van der Waals surface area contributed by atoms with Crippen LogP contribution in [0.4, 0.5) is 4.79 Å². The van der Waals surface area contributed by atoms with Crippen molar-refractivity contribution in [1.82, 2.24) is 9.21 Å². The molecule has 0 spiro atoms. The van der Waals surface area contributed by atoms with E-state index in [1.54, 1.807) is 0 Å². The van der Waals surface area contributed by atoms with Crippen LogP contribution in [0.2, 0.25) is 0 Å². The molecule has 19 heavy (non-hydrogen) atoms. The molecule has 0 bridgehead atoms. The summed E-state index contributed by atoms with van der Waals surface area (Å²) in [6, 6.07) is 9.42. The van der Waals surface area contributed by atoms with Gasteiger partial charge in [0.25, 0.3) is 0 Å². The maximum atomic E-state index is 11.8. The van der Waals surface area contributed by atoms with Gasteiger partial charge in [-0.25, -0.2) is 9.10 Å². The Labute approximate surface area is 114 Å². The van der Waals surface area contributed by atoms with Gasteiger partial charge in [0, 0.05) is 37.4 Å². The van der Waals surface area contributed by atoms with E-state index in [2.05, 4.69) is 0 Å². The van der Waals surface area contributed by atoms with Crippen LogP contribution >= 0.6 is 0 Å². The molecule has 1 aromatic rings. The van der Waals surface area contributed by atoms with Gasteiger partial charge in [-0.05, 0) is 5.56 Å². The molecular formula is C12H15N2O4S-. The predicted octanol–water partition coefficient (Wildman–Crippen LogP) is 0.735. The van der Waals surface area contributed by atoms with Crippen LogP contribution in [0.15, 0.2) is 30.3 Å². The van der Waals surface area contributed by atoms with E-state index in [9.17, 15) is 13.6 Å². The highest BCUT2D eigenvalue weighted by Crippen LogP contribution is 2.07. The van der Waals surface area contributed by atoms with Crippen molar-refractivity contribution < 1.29 is 18.3 Å². The molecule has 1 aromatic carbocycles. The van der Waals surface area contributed by atoms with Crippen molar-refractivity contribution in [3.63, 3.8) is 0 Å². The molecule has 0 aliphatic carbocycles. The number of carbonyl (C=O) groups excluding carboxylic acids is 1. The second-order valence-corrected chi connectivity index (χ2v) is 5.12. The summed E-state index contributed by atoms with van der Waals surface area (Å²) in [4.78, 5) is 13.3. The molecule has 104 valence electrons. The van der Waals surface area contributed by atoms with Crippen molar-refractivity contribution in [2.75, 3.05) is 26.2 Å². The molecule has 0 radical (unpaired) electrons. The minimum absolute atomic E-state index is 0.230. The van der Waals surface area contributed by atoms with Gasteiger partial charge in [-0.3, -0.25) is 4.21 Å². The van der Waals surface area contributed by atoms with E-state index in [1.165, 1.54) is 9.21 Å². The first-order valence-corrected chi connectivity index (χ1v) is 7.00. The molecule has 7 heteroatoms. The summed E-state index contributed by atoms with van der Waals surface area (Å²) in [6.45, 7) is 1.59. The van der Waals surface area contributed by atoms with Crippen LogP contribution in [0.3, 0.4) is 0 Å². The molecule has 1 heterocycles. The molecule has 0 N–H and O–H groups in total. The van der Waals surface area contributed by atoms with E-state index in [1.807, 2.05) is 30.3 Å². The third-order valence-electron chi connectivity index (χ3n) is 2.91. The predicted molar refractivity (Wildman–Crippen MR) is 68.7 cm³/mol. The van der Waals surface area contributed by atoms with E-state index in [0.717, 1.165) is 5.56 Å². The highest BCUT2D eigenvalue weighted by atomic mass is 32.2. The molecule has 0 saturated carbocycles. The largest absolute Gasteiger partial charge is 0.760 e. The number of piperazine rings is 1. The van der Waals surface area contributed by atoms with E-state index in [4.69, 9.17) is 4.74 Å². The summed E-state index contributed by atoms with van der Waals surface area (Å²) in [6.07, 6.45) is -0.403. The van der Waals surface area contributed by atoms with Crippen molar-refractivity contribution >= 4 is 17.4 Å². The highest BCUT2D eigenvalue weighted by molar-refractivity contribution is 7.76. The third kappa shape index (κ3) is 4.02. The first kappa shape index (κ1) is 14.0. The Morgan fingerprint density at radius 1 is 1.21 bits per heavy atom. The standard InChI is InChI=1S/C12H16N2O4S/c15-12(18-10-11-4-2-1-3-5-11)13-6-8-14(9-7-13)19(16)17/h1-5H,6-10H2,(H,16,17)/p-1. The third-order valence-corrected chi connectivity index (χ3v) is 3.70. The average Bonchev–Trinajstić information content (AvgIpc) is 2.46. The normalized spacial score (nSPS) is 18.1. The van der Waals surface area contributed by atoms with Crippen LogP contribution in [0.25, 0.3) is 0 Å². The molecule has 1 aliphatic rings. The molecule has 1 unspecified atom stereocenters. The Morgan fingerprint density at radius 3 is 2.42 bits per heavy atom. The van der Waals surface area contributed by atoms with Crippen molar-refractivity contribution in [2.24, 2.45) is 0 Å². The quantitative estimate of drug-likeness (QED) is 0.767. The van der Waals surface area contributed by atoms with E-state index >= 15 is 0 Å². The number of ether oxygens (including phenoxy) is 1. The van der Waals surface area contributed by atoms with Crippen LogP contribution in [0, 0.1) is 0 Å². The monoisotopic (exact) mass is 283 g/mol. The SMILES string of the molecule is O=C(OCc1ccccc1)N1CCN(S(=O)[O-])CC1. The zero-order valence-electron chi connectivity index (χ0n) is 10.4. The first-order valence-electron chi connectivity index (χ1n) is 5.97. The maximum absolute atomic E-state index is 11.8. The molecule has 1 atom stereocenters. The number of carbonyl (C=O) groups is 1. The number of rotatable bonds is 3. The fourth-order valence-corrected chi connectivity index (χ4v) is 2.29. The minimum Gasteiger partial charge on any atom is -0.760 e. The lowest BCUT2D eigenvalue weighted by molar-refractivity contribution is 0.0835. The van der Waals surface area contributed by atoms with Crippen molar-refractivity contribution in [3.05, 3.63) is 35.9 Å². The molecular weight excluding hydrogens is 268 g/mol. The highest BCUT2D eigenvalue weighted by Gasteiger charge is 2.22. The number of amides is 1. The van der Waals surface area contributed by atoms with E-state index in [0.29, 0.717) is 26.2 Å². The lowest BCUT2D eigenvalue weighted by Crippen LogP contribution is -2.49. The molecule has 1 aliphatic heterocycles. The summed E-state index contributed by atoms with van der Waals surface area (Å²) in [7, 11) is 0. The summed E-state index contributed by atoms with van der Waals surface area (Å²) in [5, 5.41) is 0. The van der Waals surface area contributed by atoms with Crippen LogP contribution in [0.1, 0.15) is 5.56 Å². The van der Waals surface area contributed by atoms with Gasteiger partial charge in [0.05, 0.1) is 0 Å². The number of hydrogen-bond donors (Lipinski definition) is 0. The first-order chi connectivity index (χ1) is 9.16. The van der Waals surface area contributed by atoms with Gasteiger partial charge in [-0.1, -0.05) is 30.3 Å². The summed E-state index contributed by atoms with van der Waals surface area (Å²) in [5.41, 5.74) is 0.926. The lowest BCUT2D eigenvalue weighted by atomic mass is 10.2. The Hall–Kier alpha value is -1.44. The minimum atomic E-state index is -2.21. The second-order valence-electron chi connectivity index (χ2n) is 4.17. The molecule has 6 nitrogen and oxygen atoms in total. The fourth-order valence-electron chi connectivity index (χ4n) is 1.83. The zero-order chi connectivity index (χ0) is 13.7. The van der Waals surface area contributed by atoms with Gasteiger partial charge in [0.2, 0.25) is 0 Å². The zero-order valence-corrected chi connectivity index (χ0v) is 11.2. The number of benzene rings is 1. The van der Waals surface area contributed by atoms with Crippen molar-refractivity contribution in [1.29, 1.82) is 0 Å². The molecule has 1 fully saturated rings. The average molecular weight is 283 g/mol. The number of nitrogens with zero attached hydrogens (tertiary/aromatic N) is 2. The van der Waals surface area contributed by atoms with Crippen LogP contribution in [-0.2, 0) is 22.6 Å². The van der Waals surface area contributed by atoms with Crippen molar-refractivity contribution in [3.8, 4) is 0 Å². The van der Waals surface area contributed by atoms with Crippen LogP contribution in [-0.4, -0.2) is 50.2 Å². The van der Waals surface area contributed by atoms with Crippen LogP contribution < -0.4 is 0 Å². The molecule has 2 rings (SSSR count). The van der Waals surface area contributed by atoms with Gasteiger partial charge >= 0.3 is 6.09 Å². The van der Waals surface area contributed by atoms with Gasteiger partial charge < -0.3 is 14.2 Å². The van der Waals surface area contributed by atoms with Gasteiger partial charge in [-0.15, -0.1) is 0 Å². The fraction of sp³-hybridized carbons (Fsp3) is 0.417. The molecule has 1 amide bonds.